The molecule has 8 heteroatoms. The van der Waals surface area contributed by atoms with Crippen molar-refractivity contribution in [2.45, 2.75) is 27.2 Å². The highest BCUT2D eigenvalue weighted by Crippen LogP contribution is 1.99. The molecule has 0 rings (SSSR count). The van der Waals surface area contributed by atoms with Gasteiger partial charge >= 0.3 is 5.97 Å². The molecule has 0 aromatic heterocycles. The Hall–Kier alpha value is -1.83. The molecule has 0 unspecified atom stereocenters. The zero-order valence-corrected chi connectivity index (χ0v) is 12.1. The number of carboxylic acid groups (broad SMARTS) is 1. The van der Waals surface area contributed by atoms with Crippen LogP contribution in [0, 0.1) is 0 Å². The number of carbonyl (C=O) groups is 2. The Morgan fingerprint density at radius 1 is 1.45 bits per heavy atom. The van der Waals surface area contributed by atoms with Gasteiger partial charge in [-0.05, 0) is 13.0 Å². The molecule has 0 aliphatic heterocycles. The van der Waals surface area contributed by atoms with Gasteiger partial charge in [0, 0.05) is 13.7 Å². The second-order valence-corrected chi connectivity index (χ2v) is 2.78. The fourth-order valence-electron chi connectivity index (χ4n) is 0.541. The van der Waals surface area contributed by atoms with Crippen molar-refractivity contribution in [3.63, 3.8) is 0 Å². The van der Waals surface area contributed by atoms with Crippen LogP contribution in [0.15, 0.2) is 16.8 Å². The number of allylic oxidation sites excluding steroid dienone is 2. The first-order chi connectivity index (χ1) is 9.38. The maximum atomic E-state index is 12.1. The molecule has 0 aliphatic rings. The number of halogens is 2. The summed E-state index contributed by atoms with van der Waals surface area (Å²) >= 11 is 0. The summed E-state index contributed by atoms with van der Waals surface area (Å²) in [5, 5.41) is 8.16. The van der Waals surface area contributed by atoms with Crippen LogP contribution in [0.4, 0.5) is 8.78 Å². The van der Waals surface area contributed by atoms with Gasteiger partial charge in [-0.15, -0.1) is 0 Å². The van der Waals surface area contributed by atoms with Crippen molar-refractivity contribution in [3.05, 3.63) is 11.8 Å². The van der Waals surface area contributed by atoms with Crippen molar-refractivity contribution in [1.29, 1.82) is 0 Å². The Morgan fingerprint density at radius 3 is 2.15 bits per heavy atom. The Balaban J connectivity index is -0.000000410. The van der Waals surface area contributed by atoms with E-state index in [-0.39, 0.29) is 6.29 Å². The summed E-state index contributed by atoms with van der Waals surface area (Å²) in [7, 11) is 1.68. The van der Waals surface area contributed by atoms with Crippen molar-refractivity contribution in [2.75, 3.05) is 20.3 Å². The van der Waals surface area contributed by atoms with E-state index >= 15 is 0 Å². The number of hydrogen-bond donors (Lipinski definition) is 2. The summed E-state index contributed by atoms with van der Waals surface area (Å²) in [4.78, 5) is 23.1. The van der Waals surface area contributed by atoms with E-state index in [0.29, 0.717) is 6.08 Å². The molecule has 0 atom stereocenters. The summed E-state index contributed by atoms with van der Waals surface area (Å²) in [5.74, 6) is -1.35. The van der Waals surface area contributed by atoms with Gasteiger partial charge in [-0.25, -0.2) is 8.78 Å². The van der Waals surface area contributed by atoms with E-state index < -0.39 is 30.3 Å². The topological polar surface area (TPSA) is 102 Å². The largest absolute Gasteiger partial charge is 0.480 e. The normalized spacial score (nSPS) is 10.9. The predicted octanol–water partition coefficient (Wildman–Crippen LogP) is 1.50. The average molecular weight is 296 g/mol. The smallest absolute Gasteiger partial charge is 0.325 e. The predicted molar refractivity (Wildman–Crippen MR) is 73.2 cm³/mol. The lowest BCUT2D eigenvalue weighted by Gasteiger charge is -1.98. The van der Waals surface area contributed by atoms with Crippen LogP contribution in [0.3, 0.4) is 0 Å². The van der Waals surface area contributed by atoms with Crippen LogP contribution in [0.25, 0.3) is 0 Å². The highest BCUT2D eigenvalue weighted by atomic mass is 19.3. The molecule has 0 amide bonds. The first kappa shape index (κ1) is 23.3. The van der Waals surface area contributed by atoms with Crippen LogP contribution in [0.5, 0.6) is 0 Å². The molecule has 0 saturated heterocycles. The molecule has 0 aromatic carbocycles. The van der Waals surface area contributed by atoms with Gasteiger partial charge in [-0.2, -0.15) is 0 Å². The number of methoxy groups -OCH3 is 1. The minimum absolute atomic E-state index is 0.165. The van der Waals surface area contributed by atoms with Crippen LogP contribution in [-0.4, -0.2) is 49.8 Å². The molecular weight excluding hydrogens is 274 g/mol. The number of aliphatic imine (C=N–C) groups is 1. The first-order valence-corrected chi connectivity index (χ1v) is 5.84. The molecule has 0 aliphatic carbocycles. The maximum absolute atomic E-state index is 12.1. The minimum atomic E-state index is -2.96. The van der Waals surface area contributed by atoms with Crippen LogP contribution in [0.1, 0.15) is 20.8 Å². The van der Waals surface area contributed by atoms with Crippen molar-refractivity contribution >= 4 is 18.0 Å². The number of ether oxygens (including phenoxy) is 1. The second kappa shape index (κ2) is 17.2. The molecule has 0 spiro atoms. The van der Waals surface area contributed by atoms with Gasteiger partial charge in [-0.3, -0.25) is 14.6 Å². The SMILES string of the molecule is CC.CCOC.N/C(C=O)=C\C(=NCC(=O)O)C(F)F. The zero-order chi connectivity index (χ0) is 16.6. The summed E-state index contributed by atoms with van der Waals surface area (Å²) < 4.78 is 28.8. The number of aliphatic carboxylic acids is 1. The van der Waals surface area contributed by atoms with Crippen LogP contribution < -0.4 is 5.73 Å². The quantitative estimate of drug-likeness (QED) is 0.439. The number of rotatable bonds is 6. The van der Waals surface area contributed by atoms with Crippen LogP contribution in [-0.2, 0) is 14.3 Å². The third-order valence-corrected chi connectivity index (χ3v) is 1.36. The third kappa shape index (κ3) is 18.5. The van der Waals surface area contributed by atoms with Gasteiger partial charge in [-0.1, -0.05) is 13.8 Å². The van der Waals surface area contributed by atoms with E-state index in [2.05, 4.69) is 9.73 Å². The number of nitrogens with two attached hydrogens (primary N) is 1. The lowest BCUT2D eigenvalue weighted by atomic mass is 10.3. The van der Waals surface area contributed by atoms with E-state index in [1.165, 1.54) is 0 Å². The van der Waals surface area contributed by atoms with Gasteiger partial charge in [0.25, 0.3) is 6.43 Å². The summed E-state index contributed by atoms with van der Waals surface area (Å²) in [5.41, 5.74) is 3.69. The average Bonchev–Trinajstić information content (AvgIpc) is 2.44. The van der Waals surface area contributed by atoms with E-state index in [1.54, 1.807) is 7.11 Å². The molecule has 0 heterocycles. The number of aldehydes is 1. The Labute approximate surface area is 117 Å². The molecule has 3 N–H and O–H groups in total. The van der Waals surface area contributed by atoms with Gasteiger partial charge in [0.15, 0.2) is 6.29 Å². The van der Waals surface area contributed by atoms with Crippen molar-refractivity contribution < 1.29 is 28.2 Å². The Bertz CT molecular complexity index is 317. The van der Waals surface area contributed by atoms with E-state index in [4.69, 9.17) is 10.8 Å². The molecule has 0 radical (unpaired) electrons. The summed E-state index contributed by atoms with van der Waals surface area (Å²) in [6, 6.07) is 0. The monoisotopic (exact) mass is 296 g/mol. The van der Waals surface area contributed by atoms with E-state index in [1.807, 2.05) is 20.8 Å². The Kier molecular flexibility index (Phi) is 20.0. The fourth-order valence-corrected chi connectivity index (χ4v) is 0.541. The molecule has 0 fully saturated rings. The maximum Gasteiger partial charge on any atom is 0.325 e. The fraction of sp³-hybridized carbons (Fsp3) is 0.583. The van der Waals surface area contributed by atoms with Crippen molar-refractivity contribution in [3.8, 4) is 0 Å². The second-order valence-electron chi connectivity index (χ2n) is 2.78. The molecular formula is C12H22F2N2O4. The first-order valence-electron chi connectivity index (χ1n) is 5.84. The summed E-state index contributed by atoms with van der Waals surface area (Å²) in [6.45, 7) is 5.99. The summed E-state index contributed by atoms with van der Waals surface area (Å²) in [6.07, 6.45) is -2.16. The van der Waals surface area contributed by atoms with Gasteiger partial charge in [0.05, 0.1) is 5.70 Å². The third-order valence-electron chi connectivity index (χ3n) is 1.36. The van der Waals surface area contributed by atoms with E-state index in [9.17, 15) is 18.4 Å². The lowest BCUT2D eigenvalue weighted by molar-refractivity contribution is -0.135. The number of nitrogens with zero attached hydrogens (tertiary/aromatic N) is 1. The lowest BCUT2D eigenvalue weighted by Crippen LogP contribution is -2.14. The van der Waals surface area contributed by atoms with Gasteiger partial charge < -0.3 is 15.6 Å². The number of carboxylic acids is 1. The van der Waals surface area contributed by atoms with Crippen LogP contribution in [0.2, 0.25) is 0 Å². The highest BCUT2D eigenvalue weighted by Gasteiger charge is 2.11. The number of carbonyl (C=O) groups excluding carboxylic acids is 1. The van der Waals surface area contributed by atoms with Crippen molar-refractivity contribution in [1.82, 2.24) is 0 Å². The van der Waals surface area contributed by atoms with Crippen LogP contribution >= 0.6 is 0 Å². The molecule has 20 heavy (non-hydrogen) atoms. The molecule has 0 bridgehead atoms. The standard InChI is InChI=1S/C7H8F2N2O3.C3H8O.C2H6/c8-7(9)5(1-4(10)3-12)11-2-6(13)14;1-3-4-2;1-2/h1,3,7H,2,10H2,(H,13,14);3H2,1-2H3;1-2H3/b4-1-,11-5?;;. The molecule has 0 saturated carbocycles. The number of alkyl halides is 2. The van der Waals surface area contributed by atoms with Gasteiger partial charge in [0.2, 0.25) is 0 Å². The molecule has 6 nitrogen and oxygen atoms in total. The number of hydrogen-bond acceptors (Lipinski definition) is 5. The highest BCUT2D eigenvalue weighted by molar-refractivity contribution is 6.01. The zero-order valence-electron chi connectivity index (χ0n) is 12.1. The minimum Gasteiger partial charge on any atom is -0.480 e. The van der Waals surface area contributed by atoms with E-state index in [0.717, 1.165) is 6.61 Å². The molecule has 118 valence electrons. The Morgan fingerprint density at radius 2 is 1.90 bits per heavy atom. The van der Waals surface area contributed by atoms with Gasteiger partial charge in [0.1, 0.15) is 12.3 Å². The molecule has 0 aromatic rings. The van der Waals surface area contributed by atoms with Crippen molar-refractivity contribution in [2.24, 2.45) is 10.7 Å².